The van der Waals surface area contributed by atoms with Crippen molar-refractivity contribution in [3.8, 4) is 0 Å². The monoisotopic (exact) mass is 273 g/mol. The standard InChI is InChI=1S/C12H19NO6/c1-6(15)13-7-8-9(18-11(2,3)17-8)12(4-14)5-16-10(7)19-12/h7-10,14H,4-5H2,1-3H3,(H,13,15)/t7-,8-,9-,10-,12+/m1/s1. The van der Waals surface area contributed by atoms with Gasteiger partial charge in [-0.2, -0.15) is 0 Å². The number of amides is 1. The molecule has 3 rings (SSSR count). The van der Waals surface area contributed by atoms with Crippen molar-refractivity contribution in [3.63, 3.8) is 0 Å². The first-order valence-corrected chi connectivity index (χ1v) is 6.40. The van der Waals surface area contributed by atoms with Crippen molar-refractivity contribution in [2.24, 2.45) is 0 Å². The van der Waals surface area contributed by atoms with E-state index in [0.717, 1.165) is 0 Å². The highest BCUT2D eigenvalue weighted by Gasteiger charge is 2.65. The van der Waals surface area contributed by atoms with Gasteiger partial charge in [0.25, 0.3) is 0 Å². The molecule has 0 spiro atoms. The Bertz CT molecular complexity index is 400. The Labute approximate surface area is 111 Å². The third-order valence-corrected chi connectivity index (χ3v) is 3.78. The molecule has 108 valence electrons. The third kappa shape index (κ3) is 1.96. The van der Waals surface area contributed by atoms with Crippen LogP contribution >= 0.6 is 0 Å². The molecule has 3 aliphatic rings. The van der Waals surface area contributed by atoms with Crippen LogP contribution in [-0.2, 0) is 23.7 Å². The molecule has 3 saturated heterocycles. The Morgan fingerprint density at radius 2 is 2.11 bits per heavy atom. The molecule has 0 aromatic rings. The first-order valence-electron chi connectivity index (χ1n) is 6.40. The summed E-state index contributed by atoms with van der Waals surface area (Å²) in [7, 11) is 0. The first kappa shape index (κ1) is 13.3. The normalized spacial score (nSPS) is 46.9. The Morgan fingerprint density at radius 1 is 1.37 bits per heavy atom. The minimum absolute atomic E-state index is 0.187. The zero-order chi connectivity index (χ0) is 13.8. The fourth-order valence-corrected chi connectivity index (χ4v) is 3.02. The van der Waals surface area contributed by atoms with Gasteiger partial charge < -0.3 is 29.4 Å². The lowest BCUT2D eigenvalue weighted by Crippen LogP contribution is -2.65. The molecule has 0 saturated carbocycles. The second-order valence-electron chi connectivity index (χ2n) is 5.77. The lowest BCUT2D eigenvalue weighted by molar-refractivity contribution is -0.208. The molecule has 5 atom stereocenters. The highest BCUT2D eigenvalue weighted by atomic mass is 16.8. The van der Waals surface area contributed by atoms with Gasteiger partial charge in [-0.15, -0.1) is 0 Å². The summed E-state index contributed by atoms with van der Waals surface area (Å²) in [5, 5.41) is 12.4. The van der Waals surface area contributed by atoms with E-state index in [9.17, 15) is 9.90 Å². The van der Waals surface area contributed by atoms with Gasteiger partial charge in [-0.25, -0.2) is 0 Å². The Balaban J connectivity index is 1.92. The summed E-state index contributed by atoms with van der Waals surface area (Å²) in [6.45, 7) is 5.05. The van der Waals surface area contributed by atoms with Crippen molar-refractivity contribution in [2.75, 3.05) is 13.2 Å². The van der Waals surface area contributed by atoms with Crippen molar-refractivity contribution in [1.82, 2.24) is 5.32 Å². The molecule has 0 radical (unpaired) electrons. The molecule has 2 N–H and O–H groups in total. The van der Waals surface area contributed by atoms with Crippen molar-refractivity contribution >= 4 is 5.91 Å². The Kier molecular flexibility index (Phi) is 2.88. The topological polar surface area (TPSA) is 86.3 Å². The molecule has 3 heterocycles. The molecule has 2 bridgehead atoms. The molecule has 3 aliphatic heterocycles. The summed E-state index contributed by atoms with van der Waals surface area (Å²) in [5.41, 5.74) is -0.905. The number of hydrogen-bond acceptors (Lipinski definition) is 6. The van der Waals surface area contributed by atoms with E-state index in [1.54, 1.807) is 13.8 Å². The van der Waals surface area contributed by atoms with Crippen molar-refractivity contribution in [1.29, 1.82) is 0 Å². The predicted octanol–water partition coefficient (Wildman–Crippen LogP) is -0.871. The molecule has 7 nitrogen and oxygen atoms in total. The van der Waals surface area contributed by atoms with Gasteiger partial charge in [-0.3, -0.25) is 4.79 Å². The number of carbonyl (C=O) groups is 1. The van der Waals surface area contributed by atoms with Crippen LogP contribution in [0, 0.1) is 0 Å². The summed E-state index contributed by atoms with van der Waals surface area (Å²) >= 11 is 0. The second-order valence-corrected chi connectivity index (χ2v) is 5.77. The van der Waals surface area contributed by atoms with E-state index in [1.807, 2.05) is 0 Å². The molecular formula is C12H19NO6. The predicted molar refractivity (Wildman–Crippen MR) is 62.1 cm³/mol. The van der Waals surface area contributed by atoms with Gasteiger partial charge in [-0.1, -0.05) is 0 Å². The zero-order valence-corrected chi connectivity index (χ0v) is 11.2. The molecule has 7 heteroatoms. The number of aliphatic hydroxyl groups excluding tert-OH is 1. The summed E-state index contributed by atoms with van der Waals surface area (Å²) < 4.78 is 23.0. The zero-order valence-electron chi connectivity index (χ0n) is 11.2. The van der Waals surface area contributed by atoms with E-state index in [2.05, 4.69) is 5.32 Å². The van der Waals surface area contributed by atoms with E-state index in [4.69, 9.17) is 18.9 Å². The van der Waals surface area contributed by atoms with Crippen molar-refractivity contribution in [3.05, 3.63) is 0 Å². The van der Waals surface area contributed by atoms with Crippen LogP contribution in [0.3, 0.4) is 0 Å². The lowest BCUT2D eigenvalue weighted by atomic mass is 9.88. The summed E-state index contributed by atoms with van der Waals surface area (Å²) in [5.74, 6) is -0.963. The molecule has 0 aromatic carbocycles. The number of rotatable bonds is 2. The van der Waals surface area contributed by atoms with Crippen molar-refractivity contribution in [2.45, 2.75) is 56.7 Å². The molecule has 1 amide bonds. The van der Waals surface area contributed by atoms with Gasteiger partial charge in [0.2, 0.25) is 5.91 Å². The average molecular weight is 273 g/mol. The van der Waals surface area contributed by atoms with E-state index in [1.165, 1.54) is 6.92 Å². The quantitative estimate of drug-likeness (QED) is 0.680. The van der Waals surface area contributed by atoms with Crippen LogP contribution in [0.2, 0.25) is 0 Å². The molecule has 0 aliphatic carbocycles. The fraction of sp³-hybridized carbons (Fsp3) is 0.917. The molecule has 0 unspecified atom stereocenters. The maximum atomic E-state index is 11.3. The van der Waals surface area contributed by atoms with Gasteiger partial charge >= 0.3 is 0 Å². The number of hydrogen-bond donors (Lipinski definition) is 2. The largest absolute Gasteiger partial charge is 0.393 e. The number of aliphatic hydroxyl groups is 1. The summed E-state index contributed by atoms with van der Waals surface area (Å²) in [6, 6.07) is -0.438. The third-order valence-electron chi connectivity index (χ3n) is 3.78. The maximum Gasteiger partial charge on any atom is 0.217 e. The second kappa shape index (κ2) is 4.13. The Hall–Kier alpha value is -0.730. The first-order chi connectivity index (χ1) is 8.87. The van der Waals surface area contributed by atoms with E-state index < -0.39 is 35.9 Å². The van der Waals surface area contributed by atoms with Crippen LogP contribution in [0.4, 0.5) is 0 Å². The Morgan fingerprint density at radius 3 is 2.74 bits per heavy atom. The minimum atomic E-state index is -0.905. The fourth-order valence-electron chi connectivity index (χ4n) is 3.02. The van der Waals surface area contributed by atoms with Crippen molar-refractivity contribution < 1.29 is 28.8 Å². The van der Waals surface area contributed by atoms with Crippen LogP contribution in [0.15, 0.2) is 0 Å². The van der Waals surface area contributed by atoms with Crippen LogP contribution in [0.5, 0.6) is 0 Å². The van der Waals surface area contributed by atoms with Gasteiger partial charge in [0.15, 0.2) is 12.1 Å². The number of carbonyl (C=O) groups excluding carboxylic acids is 1. The summed E-state index contributed by atoms with van der Waals surface area (Å²) in [6.07, 6.45) is -1.48. The number of nitrogens with one attached hydrogen (secondary N) is 1. The van der Waals surface area contributed by atoms with Gasteiger partial charge in [0.1, 0.15) is 23.9 Å². The smallest absolute Gasteiger partial charge is 0.217 e. The lowest BCUT2D eigenvalue weighted by Gasteiger charge is -2.41. The minimum Gasteiger partial charge on any atom is -0.393 e. The van der Waals surface area contributed by atoms with Gasteiger partial charge in [0.05, 0.1) is 13.2 Å². The van der Waals surface area contributed by atoms with E-state index in [-0.39, 0.29) is 19.1 Å². The van der Waals surface area contributed by atoms with Gasteiger partial charge in [0, 0.05) is 6.92 Å². The molecular weight excluding hydrogens is 254 g/mol. The highest BCUT2D eigenvalue weighted by molar-refractivity contribution is 5.73. The van der Waals surface area contributed by atoms with Crippen LogP contribution in [0.25, 0.3) is 0 Å². The van der Waals surface area contributed by atoms with E-state index in [0.29, 0.717) is 0 Å². The van der Waals surface area contributed by atoms with Crippen LogP contribution in [0.1, 0.15) is 20.8 Å². The van der Waals surface area contributed by atoms with Crippen LogP contribution < -0.4 is 5.32 Å². The highest BCUT2D eigenvalue weighted by Crippen LogP contribution is 2.45. The number of fused-ring (bicyclic) bond motifs is 4. The molecule has 0 aromatic heterocycles. The summed E-state index contributed by atoms with van der Waals surface area (Å²) in [4.78, 5) is 11.3. The number of ether oxygens (including phenoxy) is 4. The average Bonchev–Trinajstić information content (AvgIpc) is 2.85. The van der Waals surface area contributed by atoms with Gasteiger partial charge in [-0.05, 0) is 13.8 Å². The maximum absolute atomic E-state index is 11.3. The van der Waals surface area contributed by atoms with E-state index >= 15 is 0 Å². The molecule has 19 heavy (non-hydrogen) atoms. The SMILES string of the molecule is CC(=O)N[C@H]1[C@@H]2OC[C@](CO)(O2)[C@@H]2OC(C)(C)O[C@H]12. The molecule has 3 fully saturated rings. The van der Waals surface area contributed by atoms with Crippen LogP contribution in [-0.4, -0.2) is 60.2 Å².